The van der Waals surface area contributed by atoms with Gasteiger partial charge in [0.1, 0.15) is 0 Å². The standard InChI is InChI=1S/C16H17N3O/c1-2-12(8-9-17)11-15(20)19-14-7-3-5-13-6-4-10-18-16(13)14/h3-7,10,12H,2,8,11H2,1H3,(H,19,20). The third-order valence-corrected chi connectivity index (χ3v) is 3.34. The van der Waals surface area contributed by atoms with E-state index in [2.05, 4.69) is 16.4 Å². The van der Waals surface area contributed by atoms with Gasteiger partial charge in [-0.05, 0) is 18.1 Å². The van der Waals surface area contributed by atoms with Crippen LogP contribution in [-0.2, 0) is 4.79 Å². The van der Waals surface area contributed by atoms with Crippen molar-refractivity contribution in [3.05, 3.63) is 36.5 Å². The zero-order valence-electron chi connectivity index (χ0n) is 11.5. The Morgan fingerprint density at radius 1 is 1.40 bits per heavy atom. The van der Waals surface area contributed by atoms with E-state index in [0.717, 1.165) is 23.0 Å². The van der Waals surface area contributed by atoms with Gasteiger partial charge in [0, 0.05) is 24.4 Å². The number of hydrogen-bond donors (Lipinski definition) is 1. The van der Waals surface area contributed by atoms with Crippen LogP contribution in [0.1, 0.15) is 26.2 Å². The second kappa shape index (κ2) is 6.67. The minimum atomic E-state index is -0.0646. The Labute approximate surface area is 118 Å². The molecule has 0 saturated carbocycles. The first-order chi connectivity index (χ1) is 9.74. The van der Waals surface area contributed by atoms with Crippen LogP contribution in [0.25, 0.3) is 10.9 Å². The van der Waals surface area contributed by atoms with Gasteiger partial charge in [-0.25, -0.2) is 0 Å². The van der Waals surface area contributed by atoms with Gasteiger partial charge in [-0.15, -0.1) is 0 Å². The Bertz CT molecular complexity index is 640. The number of carbonyl (C=O) groups excluding carboxylic acids is 1. The van der Waals surface area contributed by atoms with Crippen LogP contribution in [-0.4, -0.2) is 10.9 Å². The summed E-state index contributed by atoms with van der Waals surface area (Å²) in [6.07, 6.45) is 3.32. The van der Waals surface area contributed by atoms with Crippen molar-refractivity contribution in [1.82, 2.24) is 4.98 Å². The molecule has 102 valence electrons. The molecule has 0 radical (unpaired) electrons. The van der Waals surface area contributed by atoms with Gasteiger partial charge in [-0.3, -0.25) is 9.78 Å². The molecule has 2 aromatic rings. The number of nitrogens with one attached hydrogen (secondary N) is 1. The maximum atomic E-state index is 12.1. The molecule has 0 aliphatic heterocycles. The zero-order valence-corrected chi connectivity index (χ0v) is 11.5. The first kappa shape index (κ1) is 14.0. The molecule has 2 rings (SSSR count). The Morgan fingerprint density at radius 2 is 2.20 bits per heavy atom. The van der Waals surface area contributed by atoms with Gasteiger partial charge in [-0.2, -0.15) is 5.26 Å². The van der Waals surface area contributed by atoms with E-state index < -0.39 is 0 Å². The Balaban J connectivity index is 2.12. The molecule has 1 heterocycles. The smallest absolute Gasteiger partial charge is 0.224 e. The fraction of sp³-hybridized carbons (Fsp3) is 0.312. The first-order valence-electron chi connectivity index (χ1n) is 6.75. The molecule has 1 amide bonds. The van der Waals surface area contributed by atoms with Gasteiger partial charge >= 0.3 is 0 Å². The number of carbonyl (C=O) groups is 1. The Hall–Kier alpha value is -2.41. The van der Waals surface area contributed by atoms with E-state index in [9.17, 15) is 4.79 Å². The lowest BCUT2D eigenvalue weighted by Crippen LogP contribution is -2.16. The highest BCUT2D eigenvalue weighted by atomic mass is 16.1. The van der Waals surface area contributed by atoms with Crippen molar-refractivity contribution in [3.8, 4) is 6.07 Å². The molecule has 0 aliphatic carbocycles. The number of fused-ring (bicyclic) bond motifs is 1. The molecule has 0 aliphatic rings. The predicted octanol–water partition coefficient (Wildman–Crippen LogP) is 3.50. The highest BCUT2D eigenvalue weighted by Crippen LogP contribution is 2.21. The van der Waals surface area contributed by atoms with E-state index in [0.29, 0.717) is 12.8 Å². The number of amides is 1. The molecule has 0 spiro atoms. The summed E-state index contributed by atoms with van der Waals surface area (Å²) in [5.41, 5.74) is 1.51. The lowest BCUT2D eigenvalue weighted by Gasteiger charge is -2.12. The van der Waals surface area contributed by atoms with Gasteiger partial charge in [0.05, 0.1) is 17.3 Å². The van der Waals surface area contributed by atoms with Crippen LogP contribution in [0.4, 0.5) is 5.69 Å². The predicted molar refractivity (Wildman–Crippen MR) is 79.0 cm³/mol. The summed E-state index contributed by atoms with van der Waals surface area (Å²) in [4.78, 5) is 16.4. The summed E-state index contributed by atoms with van der Waals surface area (Å²) in [7, 11) is 0. The third-order valence-electron chi connectivity index (χ3n) is 3.34. The van der Waals surface area contributed by atoms with Crippen LogP contribution in [0.15, 0.2) is 36.5 Å². The first-order valence-corrected chi connectivity index (χ1v) is 6.75. The van der Waals surface area contributed by atoms with Crippen LogP contribution in [0.5, 0.6) is 0 Å². The molecule has 4 nitrogen and oxygen atoms in total. The number of nitriles is 1. The number of aromatic nitrogens is 1. The van der Waals surface area contributed by atoms with Crippen molar-refractivity contribution < 1.29 is 4.79 Å². The minimum Gasteiger partial charge on any atom is -0.324 e. The van der Waals surface area contributed by atoms with E-state index in [-0.39, 0.29) is 11.8 Å². The summed E-state index contributed by atoms with van der Waals surface area (Å²) in [5, 5.41) is 12.6. The lowest BCUT2D eigenvalue weighted by molar-refractivity contribution is -0.117. The summed E-state index contributed by atoms with van der Waals surface area (Å²) in [5.74, 6) is 0.0492. The molecule has 0 bridgehead atoms. The van der Waals surface area contributed by atoms with E-state index in [4.69, 9.17) is 5.26 Å². The van der Waals surface area contributed by atoms with Crippen LogP contribution in [0.2, 0.25) is 0 Å². The minimum absolute atomic E-state index is 0.0646. The SMILES string of the molecule is CCC(CC#N)CC(=O)Nc1cccc2cccnc12. The molecule has 20 heavy (non-hydrogen) atoms. The van der Waals surface area contributed by atoms with Gasteiger partial charge < -0.3 is 5.32 Å². The molecular formula is C16H17N3O. The van der Waals surface area contributed by atoms with Crippen molar-refractivity contribution in [2.24, 2.45) is 5.92 Å². The van der Waals surface area contributed by atoms with Crippen molar-refractivity contribution >= 4 is 22.5 Å². The summed E-state index contributed by atoms with van der Waals surface area (Å²) < 4.78 is 0. The van der Waals surface area contributed by atoms with Gasteiger partial charge in [-0.1, -0.05) is 31.5 Å². The second-order valence-corrected chi connectivity index (χ2v) is 4.77. The zero-order chi connectivity index (χ0) is 14.4. The molecule has 1 aromatic carbocycles. The van der Waals surface area contributed by atoms with Crippen molar-refractivity contribution in [2.75, 3.05) is 5.32 Å². The normalized spacial score (nSPS) is 11.8. The number of hydrogen-bond acceptors (Lipinski definition) is 3. The quantitative estimate of drug-likeness (QED) is 0.901. The van der Waals surface area contributed by atoms with Crippen LogP contribution in [0.3, 0.4) is 0 Å². The van der Waals surface area contributed by atoms with Gasteiger partial charge in [0.25, 0.3) is 0 Å². The van der Waals surface area contributed by atoms with Crippen LogP contribution >= 0.6 is 0 Å². The van der Waals surface area contributed by atoms with Crippen molar-refractivity contribution in [1.29, 1.82) is 5.26 Å². The number of anilines is 1. The number of benzene rings is 1. The van der Waals surface area contributed by atoms with E-state index in [1.165, 1.54) is 0 Å². The average molecular weight is 267 g/mol. The molecule has 1 N–H and O–H groups in total. The van der Waals surface area contributed by atoms with E-state index in [1.54, 1.807) is 6.20 Å². The molecular weight excluding hydrogens is 250 g/mol. The highest BCUT2D eigenvalue weighted by Gasteiger charge is 2.13. The van der Waals surface area contributed by atoms with E-state index in [1.807, 2.05) is 37.3 Å². The monoisotopic (exact) mass is 267 g/mol. The molecule has 1 unspecified atom stereocenters. The fourth-order valence-electron chi connectivity index (χ4n) is 2.16. The number of para-hydroxylation sites is 1. The van der Waals surface area contributed by atoms with Gasteiger partial charge in [0.15, 0.2) is 0 Å². The molecule has 1 aromatic heterocycles. The Kier molecular flexibility index (Phi) is 4.67. The summed E-state index contributed by atoms with van der Waals surface area (Å²) in [6.45, 7) is 1.99. The summed E-state index contributed by atoms with van der Waals surface area (Å²) >= 11 is 0. The number of nitrogens with zero attached hydrogens (tertiary/aromatic N) is 2. The molecule has 0 saturated heterocycles. The lowest BCUT2D eigenvalue weighted by atomic mass is 9.99. The van der Waals surface area contributed by atoms with E-state index >= 15 is 0 Å². The molecule has 4 heteroatoms. The van der Waals surface area contributed by atoms with Crippen LogP contribution < -0.4 is 5.32 Å². The maximum absolute atomic E-state index is 12.1. The largest absolute Gasteiger partial charge is 0.324 e. The highest BCUT2D eigenvalue weighted by molar-refractivity contribution is 6.00. The van der Waals surface area contributed by atoms with Crippen molar-refractivity contribution in [2.45, 2.75) is 26.2 Å². The summed E-state index contributed by atoms with van der Waals surface area (Å²) in [6, 6.07) is 11.7. The number of rotatable bonds is 5. The van der Waals surface area contributed by atoms with Crippen molar-refractivity contribution in [3.63, 3.8) is 0 Å². The topological polar surface area (TPSA) is 65.8 Å². The maximum Gasteiger partial charge on any atom is 0.224 e. The van der Waals surface area contributed by atoms with Gasteiger partial charge in [0.2, 0.25) is 5.91 Å². The third kappa shape index (κ3) is 3.33. The number of pyridine rings is 1. The fourth-order valence-corrected chi connectivity index (χ4v) is 2.16. The molecule has 0 fully saturated rings. The Morgan fingerprint density at radius 3 is 2.95 bits per heavy atom. The average Bonchev–Trinajstić information content (AvgIpc) is 2.47. The second-order valence-electron chi connectivity index (χ2n) is 4.77. The van der Waals surface area contributed by atoms with Crippen LogP contribution in [0, 0.1) is 17.2 Å². The molecule has 1 atom stereocenters.